The van der Waals surface area contributed by atoms with Gasteiger partial charge in [0.1, 0.15) is 5.76 Å². The second-order valence-electron chi connectivity index (χ2n) is 4.80. The molecule has 0 aliphatic heterocycles. The number of aryl methyl sites for hydroxylation is 1. The maximum absolute atomic E-state index is 12.3. The van der Waals surface area contributed by atoms with E-state index in [4.69, 9.17) is 10.2 Å². The Morgan fingerprint density at radius 2 is 2.24 bits per heavy atom. The molecule has 4 nitrogen and oxygen atoms in total. The van der Waals surface area contributed by atoms with Crippen LogP contribution in [0.15, 0.2) is 41.0 Å². The van der Waals surface area contributed by atoms with Crippen LogP contribution in [0, 0.1) is 18.8 Å². The molecule has 0 radical (unpaired) electrons. The molecule has 1 unspecified atom stereocenters. The third kappa shape index (κ3) is 3.98. The van der Waals surface area contributed by atoms with Gasteiger partial charge in [0.25, 0.3) is 5.91 Å². The van der Waals surface area contributed by atoms with Crippen LogP contribution in [0.5, 0.6) is 0 Å². The summed E-state index contributed by atoms with van der Waals surface area (Å²) in [6.07, 6.45) is 1.59. The molecule has 21 heavy (non-hydrogen) atoms. The van der Waals surface area contributed by atoms with Crippen LogP contribution in [0.3, 0.4) is 0 Å². The van der Waals surface area contributed by atoms with Crippen molar-refractivity contribution in [3.63, 3.8) is 0 Å². The fourth-order valence-electron chi connectivity index (χ4n) is 2.03. The van der Waals surface area contributed by atoms with Crippen molar-refractivity contribution in [3.8, 4) is 11.8 Å². The van der Waals surface area contributed by atoms with Gasteiger partial charge in [-0.05, 0) is 49.7 Å². The molecule has 0 saturated carbocycles. The van der Waals surface area contributed by atoms with Gasteiger partial charge < -0.3 is 15.5 Å². The Bertz CT molecular complexity index is 679. The Labute approximate surface area is 124 Å². The van der Waals surface area contributed by atoms with Crippen LogP contribution < -0.4 is 11.1 Å². The number of furan rings is 1. The van der Waals surface area contributed by atoms with E-state index in [9.17, 15) is 4.79 Å². The van der Waals surface area contributed by atoms with Crippen molar-refractivity contribution in [2.45, 2.75) is 19.9 Å². The summed E-state index contributed by atoms with van der Waals surface area (Å²) in [6, 6.07) is 8.96. The van der Waals surface area contributed by atoms with Gasteiger partial charge in [-0.15, -0.1) is 0 Å². The van der Waals surface area contributed by atoms with E-state index >= 15 is 0 Å². The maximum atomic E-state index is 12.3. The molecule has 108 valence electrons. The van der Waals surface area contributed by atoms with E-state index in [0.29, 0.717) is 12.1 Å². The number of carbonyl (C=O) groups is 1. The van der Waals surface area contributed by atoms with Crippen LogP contribution >= 0.6 is 0 Å². The molecule has 1 amide bonds. The van der Waals surface area contributed by atoms with Gasteiger partial charge in [0, 0.05) is 11.1 Å². The van der Waals surface area contributed by atoms with E-state index in [0.717, 1.165) is 16.9 Å². The van der Waals surface area contributed by atoms with Gasteiger partial charge in [-0.1, -0.05) is 11.8 Å². The first kappa shape index (κ1) is 14.9. The van der Waals surface area contributed by atoms with Gasteiger partial charge in [-0.25, -0.2) is 0 Å². The molecule has 1 atom stereocenters. The van der Waals surface area contributed by atoms with E-state index in [-0.39, 0.29) is 11.9 Å². The van der Waals surface area contributed by atoms with Crippen molar-refractivity contribution < 1.29 is 9.21 Å². The molecule has 3 N–H and O–H groups in total. The van der Waals surface area contributed by atoms with Gasteiger partial charge >= 0.3 is 0 Å². The second kappa shape index (κ2) is 6.78. The molecule has 1 aromatic carbocycles. The van der Waals surface area contributed by atoms with E-state index in [1.807, 2.05) is 32.0 Å². The Morgan fingerprint density at radius 1 is 1.43 bits per heavy atom. The molecule has 0 bridgehead atoms. The third-order valence-corrected chi connectivity index (χ3v) is 2.99. The lowest BCUT2D eigenvalue weighted by molar-refractivity contribution is 0.0935. The molecule has 0 fully saturated rings. The average molecular weight is 282 g/mol. The summed E-state index contributed by atoms with van der Waals surface area (Å²) in [5.41, 5.74) is 7.72. The average Bonchev–Trinajstić information content (AvgIpc) is 2.98. The van der Waals surface area contributed by atoms with Gasteiger partial charge in [0.15, 0.2) is 0 Å². The number of rotatable bonds is 3. The first-order valence-electron chi connectivity index (χ1n) is 6.75. The highest BCUT2D eigenvalue weighted by Gasteiger charge is 2.14. The molecular weight excluding hydrogens is 264 g/mol. The van der Waals surface area contributed by atoms with Gasteiger partial charge in [-0.2, -0.15) is 0 Å². The van der Waals surface area contributed by atoms with Crippen molar-refractivity contribution in [1.82, 2.24) is 5.32 Å². The predicted molar refractivity (Wildman–Crippen MR) is 81.7 cm³/mol. The second-order valence-corrected chi connectivity index (χ2v) is 4.80. The van der Waals surface area contributed by atoms with Crippen LogP contribution in [0.2, 0.25) is 0 Å². The van der Waals surface area contributed by atoms with E-state index in [2.05, 4.69) is 17.2 Å². The van der Waals surface area contributed by atoms with E-state index in [1.54, 1.807) is 18.4 Å². The first-order chi connectivity index (χ1) is 10.1. The maximum Gasteiger partial charge on any atom is 0.251 e. The largest absolute Gasteiger partial charge is 0.467 e. The van der Waals surface area contributed by atoms with E-state index < -0.39 is 0 Å². The quantitative estimate of drug-likeness (QED) is 0.849. The Hall–Kier alpha value is -2.51. The van der Waals surface area contributed by atoms with Crippen molar-refractivity contribution in [2.75, 3.05) is 6.54 Å². The highest BCUT2D eigenvalue weighted by molar-refractivity contribution is 5.95. The minimum atomic E-state index is -0.188. The van der Waals surface area contributed by atoms with Gasteiger partial charge in [-0.3, -0.25) is 4.79 Å². The topological polar surface area (TPSA) is 68.3 Å². The lowest BCUT2D eigenvalue weighted by Gasteiger charge is -2.12. The number of nitrogens with one attached hydrogen (secondary N) is 1. The zero-order chi connectivity index (χ0) is 15.2. The van der Waals surface area contributed by atoms with Crippen molar-refractivity contribution in [2.24, 2.45) is 5.73 Å². The molecule has 0 saturated heterocycles. The third-order valence-electron chi connectivity index (χ3n) is 2.99. The van der Waals surface area contributed by atoms with Crippen molar-refractivity contribution in [3.05, 3.63) is 59.0 Å². The lowest BCUT2D eigenvalue weighted by atomic mass is 10.1. The lowest BCUT2D eigenvalue weighted by Crippen LogP contribution is -2.26. The van der Waals surface area contributed by atoms with Gasteiger partial charge in [0.05, 0.1) is 18.8 Å². The summed E-state index contributed by atoms with van der Waals surface area (Å²) in [4.78, 5) is 12.3. The normalized spacial score (nSPS) is 11.4. The SMILES string of the molecule is Cc1cc(C#CCN)cc(C(=O)NC(C)c2ccco2)c1. The standard InChI is InChI=1S/C17H18N2O2/c1-12-9-14(5-3-7-18)11-15(10-12)17(20)19-13(2)16-6-4-8-21-16/h4,6,8-11,13H,7,18H2,1-2H3,(H,19,20). The van der Waals surface area contributed by atoms with Crippen molar-refractivity contribution in [1.29, 1.82) is 0 Å². The summed E-state index contributed by atoms with van der Waals surface area (Å²) in [7, 11) is 0. The van der Waals surface area contributed by atoms with Crippen LogP contribution in [-0.4, -0.2) is 12.5 Å². The molecule has 4 heteroatoms. The summed E-state index contributed by atoms with van der Waals surface area (Å²) in [6.45, 7) is 4.10. The van der Waals surface area contributed by atoms with Crippen LogP contribution in [-0.2, 0) is 0 Å². The number of hydrogen-bond acceptors (Lipinski definition) is 3. The Kier molecular flexibility index (Phi) is 4.81. The molecule has 2 aromatic rings. The zero-order valence-electron chi connectivity index (χ0n) is 12.1. The predicted octanol–water partition coefficient (Wildman–Crippen LogP) is 2.39. The van der Waals surface area contributed by atoms with Crippen molar-refractivity contribution >= 4 is 5.91 Å². The number of carbonyl (C=O) groups excluding carboxylic acids is 1. The number of nitrogens with two attached hydrogens (primary N) is 1. The summed E-state index contributed by atoms with van der Waals surface area (Å²) in [5.74, 6) is 6.31. The van der Waals surface area contributed by atoms with Crippen LogP contribution in [0.25, 0.3) is 0 Å². The molecule has 1 aromatic heterocycles. The zero-order valence-corrected chi connectivity index (χ0v) is 12.1. The molecule has 0 aliphatic rings. The smallest absolute Gasteiger partial charge is 0.251 e. The highest BCUT2D eigenvalue weighted by Crippen LogP contribution is 2.14. The van der Waals surface area contributed by atoms with Crippen LogP contribution in [0.1, 0.15) is 40.2 Å². The number of benzene rings is 1. The molecule has 1 heterocycles. The fourth-order valence-corrected chi connectivity index (χ4v) is 2.03. The van der Waals surface area contributed by atoms with E-state index in [1.165, 1.54) is 0 Å². The van der Waals surface area contributed by atoms with Gasteiger partial charge in [0.2, 0.25) is 0 Å². The summed E-state index contributed by atoms with van der Waals surface area (Å²) < 4.78 is 5.28. The highest BCUT2D eigenvalue weighted by atomic mass is 16.3. The summed E-state index contributed by atoms with van der Waals surface area (Å²) in [5, 5.41) is 2.90. The molecule has 0 spiro atoms. The number of hydrogen-bond donors (Lipinski definition) is 2. The first-order valence-corrected chi connectivity index (χ1v) is 6.75. The van der Waals surface area contributed by atoms with Crippen LogP contribution in [0.4, 0.5) is 0 Å². The Balaban J connectivity index is 2.17. The monoisotopic (exact) mass is 282 g/mol. The molecule has 2 rings (SSSR count). The Morgan fingerprint density at radius 3 is 2.90 bits per heavy atom. The minimum Gasteiger partial charge on any atom is -0.467 e. The summed E-state index contributed by atoms with van der Waals surface area (Å²) >= 11 is 0. The molecule has 0 aliphatic carbocycles. The fraction of sp³-hybridized carbons (Fsp3) is 0.235. The number of amides is 1. The minimum absolute atomic E-state index is 0.154. The molecular formula is C17H18N2O2.